The first-order chi connectivity index (χ1) is 9.11. The molecule has 0 bridgehead atoms. The second-order valence-electron chi connectivity index (χ2n) is 5.14. The molecule has 2 nitrogen and oxygen atoms in total. The number of hydrogen-bond donors (Lipinski definition) is 1. The van der Waals surface area contributed by atoms with E-state index in [1.165, 1.54) is 22.1 Å². The molecule has 5 heteroatoms. The predicted octanol–water partition coefficient (Wildman–Crippen LogP) is 4.50. The molecule has 1 aromatic rings. The minimum atomic E-state index is 0.434. The molecule has 2 heterocycles. The van der Waals surface area contributed by atoms with Crippen LogP contribution in [0.5, 0.6) is 0 Å². The molecule has 4 unspecified atom stereocenters. The zero-order chi connectivity index (χ0) is 13.8. The van der Waals surface area contributed by atoms with Crippen LogP contribution in [-0.2, 0) is 0 Å². The van der Waals surface area contributed by atoms with E-state index in [0.29, 0.717) is 11.3 Å². The number of hydrogen-bond acceptors (Lipinski definition) is 5. The number of nitrogens with zero attached hydrogens (tertiary/aromatic N) is 1. The fourth-order valence-corrected chi connectivity index (χ4v) is 6.17. The molecule has 1 aromatic heterocycles. The van der Waals surface area contributed by atoms with Gasteiger partial charge in [-0.15, -0.1) is 23.1 Å². The van der Waals surface area contributed by atoms with E-state index in [2.05, 4.69) is 67.7 Å². The molecule has 1 fully saturated rings. The van der Waals surface area contributed by atoms with Gasteiger partial charge in [0.2, 0.25) is 0 Å². The summed E-state index contributed by atoms with van der Waals surface area (Å²) in [5.74, 6) is 1.21. The normalized spacial score (nSPS) is 29.4. The lowest BCUT2D eigenvalue weighted by Gasteiger charge is -2.30. The van der Waals surface area contributed by atoms with Gasteiger partial charge in [-0.3, -0.25) is 0 Å². The number of thioether (sulfide) groups is 2. The molecule has 0 aliphatic carbocycles. The Bertz CT molecular complexity index is 394. The van der Waals surface area contributed by atoms with Gasteiger partial charge in [-0.2, -0.15) is 11.8 Å². The third kappa shape index (κ3) is 4.13. The quantitative estimate of drug-likeness (QED) is 0.864. The maximum Gasteiger partial charge on any atom is 0.107 e. The molecule has 0 saturated carbocycles. The Hall–Kier alpha value is 0.290. The third-order valence-corrected chi connectivity index (χ3v) is 8.34. The summed E-state index contributed by atoms with van der Waals surface area (Å²) in [7, 11) is 0. The Kier molecular flexibility index (Phi) is 6.06. The molecular weight excluding hydrogens is 292 g/mol. The summed E-state index contributed by atoms with van der Waals surface area (Å²) in [5.41, 5.74) is 0. The topological polar surface area (TPSA) is 24.9 Å². The zero-order valence-electron chi connectivity index (χ0n) is 12.2. The zero-order valence-corrected chi connectivity index (χ0v) is 14.6. The van der Waals surface area contributed by atoms with Crippen LogP contribution in [0.2, 0.25) is 0 Å². The largest absolute Gasteiger partial charge is 0.309 e. The van der Waals surface area contributed by atoms with E-state index < -0.39 is 0 Å². The van der Waals surface area contributed by atoms with Gasteiger partial charge < -0.3 is 5.32 Å². The van der Waals surface area contributed by atoms with Crippen molar-refractivity contribution in [2.45, 2.75) is 55.9 Å². The highest BCUT2D eigenvalue weighted by molar-refractivity contribution is 8.07. The number of rotatable bonds is 5. The van der Waals surface area contributed by atoms with Crippen molar-refractivity contribution in [2.24, 2.45) is 0 Å². The van der Waals surface area contributed by atoms with Gasteiger partial charge in [0.25, 0.3) is 0 Å². The number of nitrogens with one attached hydrogen (secondary N) is 1. The Morgan fingerprint density at radius 3 is 2.89 bits per heavy atom. The van der Waals surface area contributed by atoms with Crippen LogP contribution in [-0.4, -0.2) is 27.8 Å². The van der Waals surface area contributed by atoms with Gasteiger partial charge in [-0.1, -0.05) is 20.8 Å². The number of aromatic nitrogens is 1. The smallest absolute Gasteiger partial charge is 0.107 e. The SMILES string of the molecule is CCCNC(C)c1cnc(C2CSC(C)C(C)S2)s1. The highest BCUT2D eigenvalue weighted by Gasteiger charge is 2.28. The average molecular weight is 317 g/mol. The van der Waals surface area contributed by atoms with Crippen molar-refractivity contribution in [1.29, 1.82) is 0 Å². The molecule has 0 amide bonds. The Morgan fingerprint density at radius 2 is 2.21 bits per heavy atom. The monoisotopic (exact) mass is 316 g/mol. The van der Waals surface area contributed by atoms with Crippen LogP contribution < -0.4 is 5.32 Å². The van der Waals surface area contributed by atoms with Crippen molar-refractivity contribution in [3.05, 3.63) is 16.1 Å². The summed E-state index contributed by atoms with van der Waals surface area (Å²) in [6.45, 7) is 10.2. The van der Waals surface area contributed by atoms with Crippen molar-refractivity contribution in [3.63, 3.8) is 0 Å². The summed E-state index contributed by atoms with van der Waals surface area (Å²) >= 11 is 6.08. The lowest BCUT2D eigenvalue weighted by Crippen LogP contribution is -2.21. The second kappa shape index (κ2) is 7.34. The molecule has 1 aliphatic rings. The van der Waals surface area contributed by atoms with Crippen molar-refractivity contribution in [1.82, 2.24) is 10.3 Å². The van der Waals surface area contributed by atoms with E-state index in [1.54, 1.807) is 0 Å². The van der Waals surface area contributed by atoms with Crippen LogP contribution in [0.15, 0.2) is 6.20 Å². The standard InChI is InChI=1S/C14H24N2S3/c1-5-6-15-9(2)12-7-16-14(19-12)13-8-17-10(3)11(4)18-13/h7,9-11,13,15H,5-6,8H2,1-4H3. The molecule has 0 spiro atoms. The molecule has 1 aliphatic heterocycles. The minimum absolute atomic E-state index is 0.434. The minimum Gasteiger partial charge on any atom is -0.309 e. The van der Waals surface area contributed by atoms with Crippen LogP contribution >= 0.6 is 34.9 Å². The first-order valence-electron chi connectivity index (χ1n) is 7.07. The summed E-state index contributed by atoms with van der Waals surface area (Å²) in [6, 6.07) is 0.434. The van der Waals surface area contributed by atoms with Crippen LogP contribution in [0.25, 0.3) is 0 Å². The van der Waals surface area contributed by atoms with E-state index in [-0.39, 0.29) is 0 Å². The van der Waals surface area contributed by atoms with Gasteiger partial charge in [0.1, 0.15) is 5.01 Å². The van der Waals surface area contributed by atoms with Crippen molar-refractivity contribution >= 4 is 34.9 Å². The van der Waals surface area contributed by atoms with Crippen molar-refractivity contribution in [3.8, 4) is 0 Å². The van der Waals surface area contributed by atoms with E-state index in [0.717, 1.165) is 17.0 Å². The van der Waals surface area contributed by atoms with Crippen LogP contribution in [0.3, 0.4) is 0 Å². The Morgan fingerprint density at radius 1 is 1.42 bits per heavy atom. The van der Waals surface area contributed by atoms with Gasteiger partial charge in [0, 0.05) is 33.4 Å². The predicted molar refractivity (Wildman–Crippen MR) is 90.5 cm³/mol. The summed E-state index contributed by atoms with van der Waals surface area (Å²) < 4.78 is 0. The molecular formula is C14H24N2S3. The van der Waals surface area contributed by atoms with E-state index in [4.69, 9.17) is 0 Å². The first-order valence-corrected chi connectivity index (χ1v) is 9.88. The Balaban J connectivity index is 1.97. The van der Waals surface area contributed by atoms with Crippen molar-refractivity contribution < 1.29 is 0 Å². The molecule has 1 N–H and O–H groups in total. The lowest BCUT2D eigenvalue weighted by molar-refractivity contribution is 0.577. The average Bonchev–Trinajstić information content (AvgIpc) is 2.89. The van der Waals surface area contributed by atoms with E-state index in [9.17, 15) is 0 Å². The van der Waals surface area contributed by atoms with E-state index in [1.807, 2.05) is 11.3 Å². The van der Waals surface area contributed by atoms with Crippen LogP contribution in [0.4, 0.5) is 0 Å². The van der Waals surface area contributed by atoms with Gasteiger partial charge >= 0.3 is 0 Å². The summed E-state index contributed by atoms with van der Waals surface area (Å²) in [4.78, 5) is 6.05. The molecule has 0 aromatic carbocycles. The molecule has 1 saturated heterocycles. The molecule has 19 heavy (non-hydrogen) atoms. The Labute approximate surface area is 129 Å². The molecule has 4 atom stereocenters. The van der Waals surface area contributed by atoms with Crippen LogP contribution in [0, 0.1) is 0 Å². The highest BCUT2D eigenvalue weighted by atomic mass is 32.2. The first kappa shape index (κ1) is 15.7. The van der Waals surface area contributed by atoms with Gasteiger partial charge in [-0.05, 0) is 19.9 Å². The lowest BCUT2D eigenvalue weighted by atomic mass is 10.3. The van der Waals surface area contributed by atoms with Gasteiger partial charge in [0.15, 0.2) is 0 Å². The summed E-state index contributed by atoms with van der Waals surface area (Å²) in [5, 5.41) is 6.94. The third-order valence-electron chi connectivity index (χ3n) is 3.49. The fourth-order valence-electron chi connectivity index (χ4n) is 2.02. The summed E-state index contributed by atoms with van der Waals surface area (Å²) in [6.07, 6.45) is 3.25. The van der Waals surface area contributed by atoms with Crippen molar-refractivity contribution in [2.75, 3.05) is 12.3 Å². The maximum atomic E-state index is 4.67. The maximum absolute atomic E-state index is 4.67. The molecule has 108 valence electrons. The highest BCUT2D eigenvalue weighted by Crippen LogP contribution is 2.45. The second-order valence-corrected chi connectivity index (χ2v) is 9.23. The van der Waals surface area contributed by atoms with Crippen LogP contribution in [0.1, 0.15) is 55.3 Å². The van der Waals surface area contributed by atoms with Gasteiger partial charge in [0.05, 0.1) is 5.25 Å². The fraction of sp³-hybridized carbons (Fsp3) is 0.786. The van der Waals surface area contributed by atoms with Gasteiger partial charge in [-0.25, -0.2) is 4.98 Å². The van der Waals surface area contributed by atoms with E-state index >= 15 is 0 Å². The molecule has 2 rings (SSSR count). The molecule has 0 radical (unpaired) electrons. The number of thiazole rings is 1.